The van der Waals surface area contributed by atoms with Crippen LogP contribution in [0.4, 0.5) is 5.69 Å². The third kappa shape index (κ3) is 5.17. The Morgan fingerprint density at radius 1 is 1.12 bits per heavy atom. The Labute approximate surface area is 152 Å². The van der Waals surface area contributed by atoms with Gasteiger partial charge in [0.1, 0.15) is 12.2 Å². The molecule has 2 aromatic rings. The van der Waals surface area contributed by atoms with Crippen molar-refractivity contribution in [2.75, 3.05) is 5.32 Å². The molecule has 0 saturated heterocycles. The van der Waals surface area contributed by atoms with Gasteiger partial charge in [0.15, 0.2) is 0 Å². The molecular formula is C20H23N3O3. The van der Waals surface area contributed by atoms with E-state index in [-0.39, 0.29) is 12.2 Å². The van der Waals surface area contributed by atoms with Gasteiger partial charge in [0, 0.05) is 5.69 Å². The number of rotatable bonds is 6. The van der Waals surface area contributed by atoms with Gasteiger partial charge in [-0.25, -0.2) is 5.43 Å². The number of carbonyl (C=O) groups excluding carboxylic acids is 2. The predicted molar refractivity (Wildman–Crippen MR) is 102 cm³/mol. The van der Waals surface area contributed by atoms with Gasteiger partial charge >= 0.3 is 0 Å². The molecule has 0 aromatic heterocycles. The summed E-state index contributed by atoms with van der Waals surface area (Å²) < 4.78 is 0. The molecule has 0 atom stereocenters. The highest BCUT2D eigenvalue weighted by atomic mass is 16.3. The minimum Gasteiger partial charge on any atom is -0.507 e. The normalized spacial score (nSPS) is 10.7. The number of hydrazone groups is 1. The number of benzene rings is 2. The molecule has 0 radical (unpaired) electrons. The molecule has 3 N–H and O–H groups in total. The summed E-state index contributed by atoms with van der Waals surface area (Å²) in [5.74, 6) is -0.648. The van der Waals surface area contributed by atoms with Crippen molar-refractivity contribution in [1.82, 2.24) is 5.43 Å². The van der Waals surface area contributed by atoms with Crippen LogP contribution >= 0.6 is 0 Å². The molecule has 6 nitrogen and oxygen atoms in total. The first-order valence-electron chi connectivity index (χ1n) is 8.40. The Morgan fingerprint density at radius 3 is 2.42 bits per heavy atom. The lowest BCUT2D eigenvalue weighted by Crippen LogP contribution is -2.25. The topological polar surface area (TPSA) is 90.8 Å². The van der Waals surface area contributed by atoms with E-state index < -0.39 is 11.8 Å². The van der Waals surface area contributed by atoms with Gasteiger partial charge in [-0.05, 0) is 60.7 Å². The number of anilines is 1. The van der Waals surface area contributed by atoms with Gasteiger partial charge in [-0.15, -0.1) is 0 Å². The van der Waals surface area contributed by atoms with E-state index in [2.05, 4.69) is 15.8 Å². The molecule has 0 spiro atoms. The van der Waals surface area contributed by atoms with Crippen LogP contribution in [0.2, 0.25) is 0 Å². The molecule has 2 aromatic carbocycles. The second-order valence-corrected chi connectivity index (χ2v) is 6.03. The molecule has 2 amide bonds. The summed E-state index contributed by atoms with van der Waals surface area (Å²) in [5.41, 5.74) is 6.27. The summed E-state index contributed by atoms with van der Waals surface area (Å²) in [6.45, 7) is 5.58. The first-order chi connectivity index (χ1) is 12.4. The summed E-state index contributed by atoms with van der Waals surface area (Å²) in [6.07, 6.45) is 1.95. The Bertz CT molecular complexity index is 821. The number of hydrogen-bond acceptors (Lipinski definition) is 4. The molecule has 26 heavy (non-hydrogen) atoms. The molecule has 0 bridgehead atoms. The van der Waals surface area contributed by atoms with Crippen LogP contribution in [0, 0.1) is 13.8 Å². The number of aromatic hydroxyl groups is 1. The maximum absolute atomic E-state index is 12.0. The van der Waals surface area contributed by atoms with Crippen LogP contribution in [0.1, 0.15) is 35.6 Å². The molecule has 2 rings (SSSR count). The van der Waals surface area contributed by atoms with Gasteiger partial charge in [0.2, 0.25) is 11.8 Å². The van der Waals surface area contributed by atoms with E-state index in [1.165, 1.54) is 6.21 Å². The fraction of sp³-hybridized carbons (Fsp3) is 0.250. The Hall–Kier alpha value is -3.15. The monoisotopic (exact) mass is 353 g/mol. The zero-order chi connectivity index (χ0) is 19.1. The number of amides is 2. The number of phenols is 1. The van der Waals surface area contributed by atoms with E-state index in [0.717, 1.165) is 28.7 Å². The quantitative estimate of drug-likeness (QED) is 0.423. The third-order valence-electron chi connectivity index (χ3n) is 3.91. The summed E-state index contributed by atoms with van der Waals surface area (Å²) in [4.78, 5) is 23.9. The first kappa shape index (κ1) is 19.2. The highest BCUT2D eigenvalue weighted by molar-refractivity contribution is 6.04. The highest BCUT2D eigenvalue weighted by Crippen LogP contribution is 2.22. The van der Waals surface area contributed by atoms with Gasteiger partial charge in [-0.3, -0.25) is 9.59 Å². The lowest BCUT2D eigenvalue weighted by molar-refractivity contribution is -0.126. The van der Waals surface area contributed by atoms with Crippen molar-refractivity contribution in [1.29, 1.82) is 0 Å². The van der Waals surface area contributed by atoms with Gasteiger partial charge in [0.25, 0.3) is 0 Å². The standard InChI is InChI=1S/C20H23N3O3/c1-4-16-7-5-6-8-17(16)22-18(24)11-19(25)23-21-12-15-9-13(2)20(26)14(3)10-15/h5-10,12,26H,4,11H2,1-3H3,(H,22,24)(H,23,25). The van der Waals surface area contributed by atoms with Crippen molar-refractivity contribution in [2.45, 2.75) is 33.6 Å². The summed E-state index contributed by atoms with van der Waals surface area (Å²) in [5, 5.41) is 16.3. The molecule has 6 heteroatoms. The van der Waals surface area contributed by atoms with Crippen LogP contribution in [0.25, 0.3) is 0 Å². The third-order valence-corrected chi connectivity index (χ3v) is 3.91. The average molecular weight is 353 g/mol. The number of hydrogen-bond donors (Lipinski definition) is 3. The van der Waals surface area contributed by atoms with Crippen molar-refractivity contribution in [3.05, 3.63) is 58.7 Å². The smallest absolute Gasteiger partial charge is 0.249 e. The lowest BCUT2D eigenvalue weighted by Gasteiger charge is -2.09. The van der Waals surface area contributed by atoms with Gasteiger partial charge in [-0.1, -0.05) is 25.1 Å². The minimum absolute atomic E-state index is 0.246. The average Bonchev–Trinajstić information content (AvgIpc) is 2.60. The molecule has 0 heterocycles. The number of phenolic OH excluding ortho intramolecular Hbond substituents is 1. The summed E-state index contributed by atoms with van der Waals surface area (Å²) >= 11 is 0. The Kier molecular flexibility index (Phi) is 6.49. The van der Waals surface area contributed by atoms with Crippen LogP contribution in [0.15, 0.2) is 41.5 Å². The van der Waals surface area contributed by atoms with Crippen LogP contribution < -0.4 is 10.7 Å². The molecule has 136 valence electrons. The predicted octanol–water partition coefficient (Wildman–Crippen LogP) is 3.05. The largest absolute Gasteiger partial charge is 0.507 e. The minimum atomic E-state index is -0.500. The van der Waals surface area contributed by atoms with E-state index in [4.69, 9.17) is 0 Å². The molecular weight excluding hydrogens is 330 g/mol. The SMILES string of the molecule is CCc1ccccc1NC(=O)CC(=O)NN=Cc1cc(C)c(O)c(C)c1. The molecule has 0 aliphatic rings. The molecule has 0 saturated carbocycles. The lowest BCUT2D eigenvalue weighted by atomic mass is 10.1. The first-order valence-corrected chi connectivity index (χ1v) is 8.40. The fourth-order valence-corrected chi connectivity index (χ4v) is 2.57. The fourth-order valence-electron chi connectivity index (χ4n) is 2.57. The van der Waals surface area contributed by atoms with Gasteiger partial charge < -0.3 is 10.4 Å². The van der Waals surface area contributed by atoms with E-state index in [0.29, 0.717) is 5.69 Å². The second kappa shape index (κ2) is 8.80. The zero-order valence-corrected chi connectivity index (χ0v) is 15.2. The maximum atomic E-state index is 12.0. The van der Waals surface area contributed by atoms with Crippen LogP contribution in [-0.4, -0.2) is 23.1 Å². The zero-order valence-electron chi connectivity index (χ0n) is 15.2. The van der Waals surface area contributed by atoms with Gasteiger partial charge in [-0.2, -0.15) is 5.10 Å². The number of para-hydroxylation sites is 1. The van der Waals surface area contributed by atoms with Crippen LogP contribution in [0.3, 0.4) is 0 Å². The Morgan fingerprint density at radius 2 is 1.77 bits per heavy atom. The van der Waals surface area contributed by atoms with Crippen LogP contribution in [-0.2, 0) is 16.0 Å². The van der Waals surface area contributed by atoms with E-state index in [1.54, 1.807) is 26.0 Å². The number of carbonyl (C=O) groups is 2. The van der Waals surface area contributed by atoms with Crippen LogP contribution in [0.5, 0.6) is 5.75 Å². The molecule has 0 aliphatic heterocycles. The Balaban J connectivity index is 1.89. The maximum Gasteiger partial charge on any atom is 0.249 e. The number of nitrogens with one attached hydrogen (secondary N) is 2. The molecule has 0 fully saturated rings. The van der Waals surface area contributed by atoms with Crippen molar-refractivity contribution in [2.24, 2.45) is 5.10 Å². The number of nitrogens with zero attached hydrogens (tertiary/aromatic N) is 1. The summed E-state index contributed by atoms with van der Waals surface area (Å²) in [7, 11) is 0. The van der Waals surface area contributed by atoms with E-state index in [9.17, 15) is 14.7 Å². The van der Waals surface area contributed by atoms with Crippen molar-refractivity contribution in [3.63, 3.8) is 0 Å². The highest BCUT2D eigenvalue weighted by Gasteiger charge is 2.10. The van der Waals surface area contributed by atoms with E-state index >= 15 is 0 Å². The second-order valence-electron chi connectivity index (χ2n) is 6.03. The van der Waals surface area contributed by atoms with E-state index in [1.807, 2.05) is 31.2 Å². The van der Waals surface area contributed by atoms with Crippen molar-refractivity contribution >= 4 is 23.7 Å². The molecule has 0 unspecified atom stereocenters. The van der Waals surface area contributed by atoms with Crippen molar-refractivity contribution in [3.8, 4) is 5.75 Å². The molecule has 0 aliphatic carbocycles. The van der Waals surface area contributed by atoms with Gasteiger partial charge in [0.05, 0.1) is 6.21 Å². The van der Waals surface area contributed by atoms with Crippen molar-refractivity contribution < 1.29 is 14.7 Å². The number of aryl methyl sites for hydroxylation is 3. The summed E-state index contributed by atoms with van der Waals surface area (Å²) in [6, 6.07) is 11.0.